The van der Waals surface area contributed by atoms with Gasteiger partial charge in [0.25, 0.3) is 5.91 Å². The van der Waals surface area contributed by atoms with E-state index in [9.17, 15) is 14.4 Å². The van der Waals surface area contributed by atoms with Crippen molar-refractivity contribution in [2.45, 2.75) is 25.0 Å². The highest BCUT2D eigenvalue weighted by Crippen LogP contribution is 2.26. The van der Waals surface area contributed by atoms with E-state index < -0.39 is 12.0 Å². The first-order valence-corrected chi connectivity index (χ1v) is 12.6. The van der Waals surface area contributed by atoms with Gasteiger partial charge in [-0.1, -0.05) is 48.8 Å². The number of hydrogen-bond acceptors (Lipinski definition) is 7. The van der Waals surface area contributed by atoms with Crippen molar-refractivity contribution < 1.29 is 19.1 Å². The monoisotopic (exact) mass is 549 g/mol. The van der Waals surface area contributed by atoms with E-state index in [1.165, 1.54) is 24.9 Å². The molecule has 0 radical (unpaired) electrons. The van der Waals surface area contributed by atoms with E-state index in [-0.39, 0.29) is 23.5 Å². The molecule has 1 heterocycles. The Morgan fingerprint density at radius 3 is 2.31 bits per heavy atom. The largest absolute Gasteiger partial charge is 0.465 e. The zero-order chi connectivity index (χ0) is 26.4. The van der Waals surface area contributed by atoms with Gasteiger partial charge >= 0.3 is 5.97 Å². The van der Waals surface area contributed by atoms with Gasteiger partial charge in [-0.25, -0.2) is 4.79 Å². The van der Waals surface area contributed by atoms with Crippen molar-refractivity contribution in [2.24, 2.45) is 13.0 Å². The molecule has 2 amide bonds. The minimum Gasteiger partial charge on any atom is -0.465 e. The highest BCUT2D eigenvalue weighted by atomic mass is 35.5. The highest BCUT2D eigenvalue weighted by Gasteiger charge is 2.25. The molecule has 190 valence electrons. The molecule has 0 saturated heterocycles. The fourth-order valence-electron chi connectivity index (χ4n) is 3.25. The van der Waals surface area contributed by atoms with E-state index in [1.54, 1.807) is 48.0 Å². The molecule has 12 heteroatoms. The minimum atomic E-state index is -0.450. The van der Waals surface area contributed by atoms with Crippen LogP contribution in [0, 0.1) is 5.92 Å². The summed E-state index contributed by atoms with van der Waals surface area (Å²) in [7, 11) is 3.09. The normalized spacial score (nSPS) is 11.8. The Balaban J connectivity index is 1.64. The molecule has 0 unspecified atom stereocenters. The minimum absolute atomic E-state index is 0.00809. The Morgan fingerprint density at radius 2 is 1.69 bits per heavy atom. The summed E-state index contributed by atoms with van der Waals surface area (Å²) in [5.74, 6) is -0.360. The summed E-state index contributed by atoms with van der Waals surface area (Å²) in [6, 6.07) is 10.6. The summed E-state index contributed by atoms with van der Waals surface area (Å²) in [6.07, 6.45) is 0. The highest BCUT2D eigenvalue weighted by molar-refractivity contribution is 7.99. The molecule has 3 rings (SSSR count). The van der Waals surface area contributed by atoms with Crippen LogP contribution < -0.4 is 10.6 Å². The second kappa shape index (κ2) is 12.2. The summed E-state index contributed by atoms with van der Waals surface area (Å²) in [5.41, 5.74) is 1.32. The Morgan fingerprint density at radius 1 is 1.03 bits per heavy atom. The lowest BCUT2D eigenvalue weighted by atomic mass is 10.0. The lowest BCUT2D eigenvalue weighted by Gasteiger charge is -2.22. The first kappa shape index (κ1) is 27.5. The van der Waals surface area contributed by atoms with Crippen molar-refractivity contribution >= 4 is 58.4 Å². The number of carbonyl (C=O) groups excluding carboxylic acids is 3. The number of carbonyl (C=O) groups is 3. The molecule has 0 fully saturated rings. The summed E-state index contributed by atoms with van der Waals surface area (Å²) >= 11 is 13.2. The van der Waals surface area contributed by atoms with E-state index >= 15 is 0 Å². The molecule has 9 nitrogen and oxygen atoms in total. The molecule has 0 saturated carbocycles. The third kappa shape index (κ3) is 6.77. The lowest BCUT2D eigenvalue weighted by molar-refractivity contribution is -0.113. The van der Waals surface area contributed by atoms with Crippen molar-refractivity contribution in [3.8, 4) is 0 Å². The Hall–Kier alpha value is -3.08. The molecule has 0 aliphatic rings. The molecule has 36 heavy (non-hydrogen) atoms. The molecule has 0 spiro atoms. The van der Waals surface area contributed by atoms with Gasteiger partial charge in [-0.15, -0.1) is 10.2 Å². The second-order valence-corrected chi connectivity index (χ2v) is 9.89. The summed E-state index contributed by atoms with van der Waals surface area (Å²) in [4.78, 5) is 36.8. The number of esters is 1. The van der Waals surface area contributed by atoms with Crippen LogP contribution in [0.5, 0.6) is 0 Å². The second-order valence-electron chi connectivity index (χ2n) is 8.13. The molecule has 0 bridgehead atoms. The fourth-order valence-corrected chi connectivity index (χ4v) is 4.26. The molecule has 3 aromatic rings. The van der Waals surface area contributed by atoms with Crippen LogP contribution in [0.25, 0.3) is 0 Å². The molecule has 2 N–H and O–H groups in total. The van der Waals surface area contributed by atoms with Crippen LogP contribution in [-0.2, 0) is 16.6 Å². The van der Waals surface area contributed by atoms with Crippen LogP contribution in [0.15, 0.2) is 47.6 Å². The van der Waals surface area contributed by atoms with Gasteiger partial charge in [0.05, 0.1) is 34.5 Å². The Kier molecular flexibility index (Phi) is 9.36. The van der Waals surface area contributed by atoms with Crippen molar-refractivity contribution in [3.63, 3.8) is 0 Å². The van der Waals surface area contributed by atoms with Crippen LogP contribution in [0.2, 0.25) is 10.0 Å². The number of thioether (sulfide) groups is 1. The number of anilines is 1. The smallest absolute Gasteiger partial charge is 0.337 e. The fraction of sp³-hybridized carbons (Fsp3) is 0.292. The molecule has 0 aliphatic carbocycles. The van der Waals surface area contributed by atoms with Gasteiger partial charge in [0.15, 0.2) is 11.0 Å². The average molecular weight is 550 g/mol. The lowest BCUT2D eigenvalue weighted by Crippen LogP contribution is -2.33. The molecular formula is C24H25Cl2N5O4S. The first-order valence-electron chi connectivity index (χ1n) is 10.9. The van der Waals surface area contributed by atoms with Crippen molar-refractivity contribution in [2.75, 3.05) is 18.2 Å². The number of hydrogen-bond donors (Lipinski definition) is 2. The summed E-state index contributed by atoms with van der Waals surface area (Å²) < 4.78 is 6.42. The number of halogens is 2. The molecule has 1 atom stereocenters. The van der Waals surface area contributed by atoms with Crippen LogP contribution in [0.1, 0.15) is 46.4 Å². The zero-order valence-corrected chi connectivity index (χ0v) is 22.4. The van der Waals surface area contributed by atoms with Gasteiger partial charge in [-0.05, 0) is 48.4 Å². The Bertz CT molecular complexity index is 1260. The van der Waals surface area contributed by atoms with E-state index in [2.05, 4.69) is 25.6 Å². The van der Waals surface area contributed by atoms with Crippen molar-refractivity contribution in [1.82, 2.24) is 20.1 Å². The van der Waals surface area contributed by atoms with Gasteiger partial charge in [0.1, 0.15) is 0 Å². The predicted octanol–water partition coefficient (Wildman–Crippen LogP) is 4.77. The van der Waals surface area contributed by atoms with Gasteiger partial charge in [0.2, 0.25) is 5.91 Å². The molecular weight excluding hydrogens is 525 g/mol. The van der Waals surface area contributed by atoms with Crippen LogP contribution in [0.3, 0.4) is 0 Å². The van der Waals surface area contributed by atoms with E-state index in [1.807, 2.05) is 13.8 Å². The number of methoxy groups -OCH3 is 1. The number of nitrogens with one attached hydrogen (secondary N) is 2. The number of aromatic nitrogens is 3. The quantitative estimate of drug-likeness (QED) is 0.292. The van der Waals surface area contributed by atoms with Gasteiger partial charge in [-0.2, -0.15) is 0 Å². The van der Waals surface area contributed by atoms with E-state index in [0.29, 0.717) is 37.8 Å². The SMILES string of the molecule is COC(=O)c1ccc(NC(=O)CSc2nnc([C@H](NC(=O)c3ccc(Cl)c(Cl)c3)C(C)C)n2C)cc1. The van der Waals surface area contributed by atoms with Crippen LogP contribution in [-0.4, -0.2) is 45.4 Å². The third-order valence-corrected chi connectivity index (χ3v) is 6.96. The van der Waals surface area contributed by atoms with Crippen LogP contribution >= 0.6 is 35.0 Å². The molecule has 2 aromatic carbocycles. The predicted molar refractivity (Wildman–Crippen MR) is 140 cm³/mol. The van der Waals surface area contributed by atoms with Crippen molar-refractivity contribution in [3.05, 3.63) is 69.5 Å². The zero-order valence-electron chi connectivity index (χ0n) is 20.0. The molecule has 0 aliphatic heterocycles. The third-order valence-electron chi connectivity index (χ3n) is 5.20. The molecule has 1 aromatic heterocycles. The first-order chi connectivity index (χ1) is 17.1. The summed E-state index contributed by atoms with van der Waals surface area (Å²) in [6.45, 7) is 3.92. The van der Waals surface area contributed by atoms with Gasteiger partial charge < -0.3 is 19.9 Å². The van der Waals surface area contributed by atoms with E-state index in [4.69, 9.17) is 23.2 Å². The van der Waals surface area contributed by atoms with Gasteiger partial charge in [0, 0.05) is 18.3 Å². The standard InChI is InChI=1S/C24H25Cl2N5O4S/c1-13(2)20(28-22(33)15-7-10-17(25)18(26)11-15)21-29-30-24(31(21)3)36-12-19(32)27-16-8-5-14(6-9-16)23(34)35-4/h5-11,13,20H,12H2,1-4H3,(H,27,32)(H,28,33)/t20-/m1/s1. The maximum Gasteiger partial charge on any atom is 0.337 e. The number of ether oxygens (including phenoxy) is 1. The van der Waals surface area contributed by atoms with E-state index in [0.717, 1.165) is 0 Å². The number of rotatable bonds is 9. The Labute approximate surface area is 222 Å². The summed E-state index contributed by atoms with van der Waals surface area (Å²) in [5, 5.41) is 15.4. The van der Waals surface area contributed by atoms with Crippen LogP contribution in [0.4, 0.5) is 5.69 Å². The average Bonchev–Trinajstić information content (AvgIpc) is 3.22. The topological polar surface area (TPSA) is 115 Å². The number of nitrogens with zero attached hydrogens (tertiary/aromatic N) is 3. The van der Waals surface area contributed by atoms with Gasteiger partial charge in [-0.3, -0.25) is 9.59 Å². The van der Waals surface area contributed by atoms with Crippen molar-refractivity contribution in [1.29, 1.82) is 0 Å². The maximum absolute atomic E-state index is 12.8. The maximum atomic E-state index is 12.8. The number of amides is 2. The number of benzene rings is 2.